The first kappa shape index (κ1) is 23.1. The highest BCUT2D eigenvalue weighted by Gasteiger charge is 2.19. The van der Waals surface area contributed by atoms with Crippen molar-refractivity contribution < 1.29 is 4.74 Å². The van der Waals surface area contributed by atoms with Gasteiger partial charge in [0.25, 0.3) is 0 Å². The van der Waals surface area contributed by atoms with E-state index in [-0.39, 0.29) is 0 Å². The van der Waals surface area contributed by atoms with E-state index in [2.05, 4.69) is 140 Å². The van der Waals surface area contributed by atoms with Crippen molar-refractivity contribution in [2.24, 2.45) is 0 Å². The van der Waals surface area contributed by atoms with Crippen molar-refractivity contribution in [3.05, 3.63) is 173 Å². The summed E-state index contributed by atoms with van der Waals surface area (Å²) in [5.41, 5.74) is 9.32. The Bertz CT molecular complexity index is 1450. The van der Waals surface area contributed by atoms with Crippen LogP contribution in [0, 0.1) is 0 Å². The Labute approximate surface area is 213 Å². The highest BCUT2D eigenvalue weighted by molar-refractivity contribution is 6.21. The van der Waals surface area contributed by atoms with Crippen molar-refractivity contribution in [2.45, 2.75) is 0 Å². The second-order valence-electron chi connectivity index (χ2n) is 8.55. The summed E-state index contributed by atoms with van der Waals surface area (Å²) in [5, 5.41) is 0. The Kier molecular flexibility index (Phi) is 7.20. The summed E-state index contributed by atoms with van der Waals surface area (Å²) in [6, 6.07) is 50.9. The van der Waals surface area contributed by atoms with Crippen molar-refractivity contribution in [1.82, 2.24) is 0 Å². The molecule has 0 N–H and O–H groups in total. The fourth-order valence-electron chi connectivity index (χ4n) is 4.49. The van der Waals surface area contributed by atoms with Crippen molar-refractivity contribution >= 4 is 22.8 Å². The van der Waals surface area contributed by atoms with Gasteiger partial charge in [-0.15, -0.1) is 0 Å². The summed E-state index contributed by atoms with van der Waals surface area (Å²) in [7, 11) is 1.70. The molecular formula is C35H28O. The van der Waals surface area contributed by atoms with Gasteiger partial charge in [0.15, 0.2) is 0 Å². The first-order valence-corrected chi connectivity index (χ1v) is 12.2. The van der Waals surface area contributed by atoms with E-state index in [0.29, 0.717) is 0 Å². The van der Waals surface area contributed by atoms with E-state index in [4.69, 9.17) is 4.74 Å². The van der Waals surface area contributed by atoms with Gasteiger partial charge in [0, 0.05) is 0 Å². The van der Waals surface area contributed by atoms with Gasteiger partial charge in [-0.1, -0.05) is 133 Å². The maximum absolute atomic E-state index is 5.47. The van der Waals surface area contributed by atoms with Crippen LogP contribution < -0.4 is 4.74 Å². The molecule has 0 aromatic heterocycles. The van der Waals surface area contributed by atoms with Crippen LogP contribution in [0.4, 0.5) is 0 Å². The molecular weight excluding hydrogens is 436 g/mol. The van der Waals surface area contributed by atoms with Gasteiger partial charge < -0.3 is 4.74 Å². The van der Waals surface area contributed by atoms with Gasteiger partial charge in [0.2, 0.25) is 0 Å². The Morgan fingerprint density at radius 3 is 1.44 bits per heavy atom. The minimum absolute atomic E-state index is 0.843. The van der Waals surface area contributed by atoms with Crippen LogP contribution >= 0.6 is 0 Å². The molecule has 0 saturated heterocycles. The molecule has 0 aliphatic rings. The van der Waals surface area contributed by atoms with E-state index in [0.717, 1.165) is 22.4 Å². The SMILES string of the molecule is COc1ccc(/C(=C(\C(=C/c2ccccc2)c2ccccc2)c2ccccc2)c2ccccc2)cc1. The fraction of sp³-hybridized carbons (Fsp3) is 0.0286. The largest absolute Gasteiger partial charge is 0.497 e. The van der Waals surface area contributed by atoms with Gasteiger partial charge >= 0.3 is 0 Å². The van der Waals surface area contributed by atoms with Gasteiger partial charge in [-0.2, -0.15) is 0 Å². The third-order valence-electron chi connectivity index (χ3n) is 6.22. The normalized spacial score (nSPS) is 12.1. The number of hydrogen-bond donors (Lipinski definition) is 0. The molecule has 0 saturated carbocycles. The molecule has 0 bridgehead atoms. The Morgan fingerprint density at radius 1 is 0.472 bits per heavy atom. The summed E-state index contributed by atoms with van der Waals surface area (Å²) in [6.07, 6.45) is 2.30. The van der Waals surface area contributed by atoms with Crippen LogP contribution in [0.25, 0.3) is 22.8 Å². The van der Waals surface area contributed by atoms with E-state index in [1.807, 2.05) is 12.1 Å². The van der Waals surface area contributed by atoms with Crippen molar-refractivity contribution in [3.63, 3.8) is 0 Å². The smallest absolute Gasteiger partial charge is 0.118 e. The second kappa shape index (κ2) is 11.2. The Balaban J connectivity index is 1.89. The molecule has 36 heavy (non-hydrogen) atoms. The molecule has 0 fully saturated rings. The molecule has 0 aliphatic heterocycles. The van der Waals surface area contributed by atoms with Crippen molar-refractivity contribution in [2.75, 3.05) is 7.11 Å². The van der Waals surface area contributed by atoms with E-state index in [9.17, 15) is 0 Å². The highest BCUT2D eigenvalue weighted by Crippen LogP contribution is 2.42. The molecule has 1 nitrogen and oxygen atoms in total. The quantitative estimate of drug-likeness (QED) is 0.173. The zero-order valence-corrected chi connectivity index (χ0v) is 20.3. The van der Waals surface area contributed by atoms with Crippen LogP contribution in [-0.2, 0) is 0 Å². The molecule has 0 amide bonds. The standard InChI is InChI=1S/C35H28O/c1-36-32-24-22-31(23-25-32)34(29-18-10-4-11-19-29)35(30-20-12-5-13-21-30)33(28-16-8-3-9-17-28)26-27-14-6-2-7-15-27/h2-26H,1H3/b33-26-,35-34-. The lowest BCUT2D eigenvalue weighted by atomic mass is 9.82. The van der Waals surface area contributed by atoms with Gasteiger partial charge in [-0.05, 0) is 62.7 Å². The van der Waals surface area contributed by atoms with Crippen molar-refractivity contribution in [1.29, 1.82) is 0 Å². The first-order valence-electron chi connectivity index (χ1n) is 12.2. The van der Waals surface area contributed by atoms with Crippen LogP contribution in [0.5, 0.6) is 5.75 Å². The lowest BCUT2D eigenvalue weighted by molar-refractivity contribution is 0.415. The summed E-state index contributed by atoms with van der Waals surface area (Å²) in [6.45, 7) is 0. The Morgan fingerprint density at radius 2 is 0.917 bits per heavy atom. The van der Waals surface area contributed by atoms with Crippen molar-refractivity contribution in [3.8, 4) is 5.75 Å². The number of benzene rings is 5. The summed E-state index contributed by atoms with van der Waals surface area (Å²) in [4.78, 5) is 0. The zero-order chi connectivity index (χ0) is 24.6. The molecule has 0 spiro atoms. The average molecular weight is 465 g/mol. The topological polar surface area (TPSA) is 9.23 Å². The molecule has 0 radical (unpaired) electrons. The van der Waals surface area contributed by atoms with Gasteiger partial charge in [0.05, 0.1) is 7.11 Å². The molecule has 5 aromatic carbocycles. The lowest BCUT2D eigenvalue weighted by Crippen LogP contribution is -1.99. The molecule has 0 atom stereocenters. The van der Waals surface area contributed by atoms with Gasteiger partial charge in [-0.25, -0.2) is 0 Å². The molecule has 0 aliphatic carbocycles. The number of rotatable bonds is 7. The number of allylic oxidation sites excluding steroid dienone is 2. The fourth-order valence-corrected chi connectivity index (χ4v) is 4.49. The summed E-state index contributed by atoms with van der Waals surface area (Å²) < 4.78 is 5.47. The number of ether oxygens (including phenoxy) is 1. The molecule has 0 heterocycles. The van der Waals surface area contributed by atoms with E-state index in [1.54, 1.807) is 7.11 Å². The molecule has 5 aromatic rings. The van der Waals surface area contributed by atoms with Crippen LogP contribution in [0.2, 0.25) is 0 Å². The maximum atomic E-state index is 5.47. The monoisotopic (exact) mass is 464 g/mol. The van der Waals surface area contributed by atoms with E-state index < -0.39 is 0 Å². The third kappa shape index (κ3) is 5.21. The average Bonchev–Trinajstić information content (AvgIpc) is 2.97. The summed E-state index contributed by atoms with van der Waals surface area (Å²) in [5.74, 6) is 0.843. The number of hydrogen-bond acceptors (Lipinski definition) is 1. The van der Waals surface area contributed by atoms with Crippen LogP contribution in [0.1, 0.15) is 27.8 Å². The van der Waals surface area contributed by atoms with Gasteiger partial charge in [-0.3, -0.25) is 0 Å². The predicted molar refractivity (Wildman–Crippen MR) is 153 cm³/mol. The molecule has 0 unspecified atom stereocenters. The first-order chi connectivity index (χ1) is 17.8. The highest BCUT2D eigenvalue weighted by atomic mass is 16.5. The third-order valence-corrected chi connectivity index (χ3v) is 6.22. The van der Waals surface area contributed by atoms with E-state index >= 15 is 0 Å². The number of methoxy groups -OCH3 is 1. The molecule has 1 heteroatoms. The van der Waals surface area contributed by atoms with Crippen LogP contribution in [0.3, 0.4) is 0 Å². The van der Waals surface area contributed by atoms with E-state index in [1.165, 1.54) is 27.8 Å². The second-order valence-corrected chi connectivity index (χ2v) is 8.55. The molecule has 174 valence electrons. The summed E-state index contributed by atoms with van der Waals surface area (Å²) >= 11 is 0. The van der Waals surface area contributed by atoms with Crippen LogP contribution in [0.15, 0.2) is 146 Å². The maximum Gasteiger partial charge on any atom is 0.118 e. The van der Waals surface area contributed by atoms with Crippen LogP contribution in [-0.4, -0.2) is 7.11 Å². The Hall–Kier alpha value is -4.62. The minimum atomic E-state index is 0.843. The predicted octanol–water partition coefficient (Wildman–Crippen LogP) is 8.90. The van der Waals surface area contributed by atoms with Gasteiger partial charge in [0.1, 0.15) is 5.75 Å². The zero-order valence-electron chi connectivity index (χ0n) is 20.3. The minimum Gasteiger partial charge on any atom is -0.497 e. The lowest BCUT2D eigenvalue weighted by Gasteiger charge is -2.21. The molecule has 5 rings (SSSR count).